The van der Waals surface area contributed by atoms with E-state index in [0.717, 1.165) is 0 Å². The predicted octanol–water partition coefficient (Wildman–Crippen LogP) is 1.20. The van der Waals surface area contributed by atoms with Gasteiger partial charge in [-0.25, -0.2) is 13.2 Å². The van der Waals surface area contributed by atoms with E-state index in [1.165, 1.54) is 28.6 Å². The Balaban J connectivity index is 2.04. The van der Waals surface area contributed by atoms with Gasteiger partial charge in [-0.15, -0.1) is 0 Å². The van der Waals surface area contributed by atoms with Crippen molar-refractivity contribution in [3.63, 3.8) is 0 Å². The lowest BCUT2D eigenvalue weighted by molar-refractivity contribution is -0.157. The summed E-state index contributed by atoms with van der Waals surface area (Å²) in [5.74, 6) is -1.08. The Kier molecular flexibility index (Phi) is 4.06. The van der Waals surface area contributed by atoms with Crippen LogP contribution < -0.4 is 0 Å². The second kappa shape index (κ2) is 5.33. The molecule has 20 heavy (non-hydrogen) atoms. The van der Waals surface area contributed by atoms with Crippen molar-refractivity contribution < 1.29 is 23.1 Å². The summed E-state index contributed by atoms with van der Waals surface area (Å²) in [6, 6.07) is 5.89. The molecule has 1 N–H and O–H groups in total. The van der Waals surface area contributed by atoms with Crippen LogP contribution in [0.15, 0.2) is 29.2 Å². The van der Waals surface area contributed by atoms with Gasteiger partial charge in [-0.3, -0.25) is 0 Å². The summed E-state index contributed by atoms with van der Waals surface area (Å²) in [6.45, 7) is 1.51. The molecule has 0 unspecified atom stereocenters. The fraction of sp³-hybridized carbons (Fsp3) is 0.417. The van der Waals surface area contributed by atoms with Crippen LogP contribution in [0.5, 0.6) is 0 Å². The third kappa shape index (κ3) is 3.12. The highest BCUT2D eigenvalue weighted by molar-refractivity contribution is 7.89. The van der Waals surface area contributed by atoms with Crippen molar-refractivity contribution in [2.75, 3.05) is 19.7 Å². The van der Waals surface area contributed by atoms with Gasteiger partial charge in [0, 0.05) is 18.1 Å². The van der Waals surface area contributed by atoms with E-state index in [9.17, 15) is 13.2 Å². The lowest BCUT2D eigenvalue weighted by atomic mass is 10.0. The summed E-state index contributed by atoms with van der Waals surface area (Å²) in [5, 5.41) is 9.02. The highest BCUT2D eigenvalue weighted by Crippen LogP contribution is 2.30. The van der Waals surface area contributed by atoms with Gasteiger partial charge in [0.25, 0.3) is 0 Å². The van der Waals surface area contributed by atoms with E-state index in [1.807, 2.05) is 0 Å². The maximum Gasteiger partial charge on any atom is 0.329 e. The number of carbonyl (C=O) groups is 1. The molecule has 1 saturated heterocycles. The van der Waals surface area contributed by atoms with Crippen molar-refractivity contribution in [2.24, 2.45) is 0 Å². The molecule has 0 radical (unpaired) electrons. The van der Waals surface area contributed by atoms with Gasteiger partial charge in [0.05, 0.1) is 10.5 Å². The summed E-state index contributed by atoms with van der Waals surface area (Å²) in [4.78, 5) is 10.6. The Labute approximate surface area is 122 Å². The Bertz CT molecular complexity index is 607. The van der Waals surface area contributed by atoms with Crippen LogP contribution in [-0.2, 0) is 19.6 Å². The average Bonchev–Trinajstić information content (AvgIpc) is 2.33. The molecule has 2 rings (SSSR count). The Hall–Kier alpha value is -1.15. The monoisotopic (exact) mass is 319 g/mol. The van der Waals surface area contributed by atoms with E-state index in [4.69, 9.17) is 21.4 Å². The first-order valence-electron chi connectivity index (χ1n) is 5.84. The third-order valence-electron chi connectivity index (χ3n) is 3.02. The van der Waals surface area contributed by atoms with Crippen LogP contribution in [0.25, 0.3) is 0 Å². The van der Waals surface area contributed by atoms with Gasteiger partial charge >= 0.3 is 5.97 Å². The number of benzene rings is 1. The van der Waals surface area contributed by atoms with Crippen molar-refractivity contribution in [2.45, 2.75) is 17.4 Å². The molecule has 0 atom stereocenters. The zero-order valence-corrected chi connectivity index (χ0v) is 12.3. The number of ether oxygens (including phenoxy) is 1. The lowest BCUT2D eigenvalue weighted by Crippen LogP contribution is -2.63. The van der Waals surface area contributed by atoms with Gasteiger partial charge in [0.2, 0.25) is 10.0 Å². The van der Waals surface area contributed by atoms with Gasteiger partial charge in [-0.2, -0.15) is 4.31 Å². The molecule has 0 aliphatic carbocycles. The maximum atomic E-state index is 12.3. The summed E-state index contributed by atoms with van der Waals surface area (Å²) in [5.41, 5.74) is -0.752. The van der Waals surface area contributed by atoms with Crippen LogP contribution in [0.4, 0.5) is 0 Å². The molecule has 0 aromatic heterocycles. The van der Waals surface area contributed by atoms with Crippen molar-refractivity contribution in [1.29, 1.82) is 0 Å². The Morgan fingerprint density at radius 3 is 2.45 bits per heavy atom. The molecule has 0 bridgehead atoms. The molecule has 0 saturated carbocycles. The molecule has 1 aliphatic rings. The minimum atomic E-state index is -3.58. The molecule has 110 valence electrons. The second-order valence-electron chi connectivity index (χ2n) is 4.86. The summed E-state index contributed by atoms with van der Waals surface area (Å²) in [6.07, 6.45) is 0. The molecule has 0 spiro atoms. The van der Waals surface area contributed by atoms with Gasteiger partial charge in [0.1, 0.15) is 6.61 Å². The Morgan fingerprint density at radius 2 is 1.95 bits per heavy atom. The van der Waals surface area contributed by atoms with Crippen LogP contribution in [0.1, 0.15) is 6.92 Å². The van der Waals surface area contributed by atoms with Crippen LogP contribution in [0.3, 0.4) is 0 Å². The van der Waals surface area contributed by atoms with Gasteiger partial charge in [0.15, 0.2) is 0 Å². The van der Waals surface area contributed by atoms with Crippen molar-refractivity contribution in [1.82, 2.24) is 4.31 Å². The first-order chi connectivity index (χ1) is 9.23. The molecule has 1 fully saturated rings. The van der Waals surface area contributed by atoms with E-state index < -0.39 is 28.2 Å². The predicted molar refractivity (Wildman–Crippen MR) is 72.2 cm³/mol. The van der Waals surface area contributed by atoms with E-state index in [0.29, 0.717) is 5.02 Å². The van der Waals surface area contributed by atoms with Gasteiger partial charge < -0.3 is 9.84 Å². The standard InChI is InChI=1S/C12H14ClNO5S/c1-12(19-6-11(15)16)7-14(8-12)20(17,18)10-4-2-9(13)3-5-10/h2-5H,6-8H2,1H3,(H,15,16). The van der Waals surface area contributed by atoms with E-state index in [1.54, 1.807) is 6.92 Å². The molecular weight excluding hydrogens is 306 g/mol. The highest BCUT2D eigenvalue weighted by Gasteiger charge is 2.46. The minimum absolute atomic E-state index is 0.130. The summed E-state index contributed by atoms with van der Waals surface area (Å²) in [7, 11) is -3.58. The number of hydrogen-bond acceptors (Lipinski definition) is 4. The molecule has 1 aromatic carbocycles. The Morgan fingerprint density at radius 1 is 1.40 bits per heavy atom. The summed E-state index contributed by atoms with van der Waals surface area (Å²) >= 11 is 5.72. The van der Waals surface area contributed by atoms with Crippen LogP contribution in [0, 0.1) is 0 Å². The molecule has 8 heteroatoms. The molecular formula is C12H14ClNO5S. The largest absolute Gasteiger partial charge is 0.480 e. The number of hydrogen-bond donors (Lipinski definition) is 1. The fourth-order valence-electron chi connectivity index (χ4n) is 1.95. The maximum absolute atomic E-state index is 12.3. The van der Waals surface area contributed by atoms with Gasteiger partial charge in [-0.05, 0) is 31.2 Å². The average molecular weight is 320 g/mol. The first-order valence-corrected chi connectivity index (χ1v) is 7.66. The number of halogens is 1. The van der Waals surface area contributed by atoms with Crippen molar-refractivity contribution in [3.8, 4) is 0 Å². The number of carboxylic acids is 1. The first kappa shape index (κ1) is 15.2. The lowest BCUT2D eigenvalue weighted by Gasteiger charge is -2.46. The third-order valence-corrected chi connectivity index (χ3v) is 5.08. The minimum Gasteiger partial charge on any atom is -0.480 e. The van der Waals surface area contributed by atoms with Crippen molar-refractivity contribution in [3.05, 3.63) is 29.3 Å². The zero-order chi connectivity index (χ0) is 15.0. The molecule has 0 amide bonds. The molecule has 6 nitrogen and oxygen atoms in total. The molecule has 1 aliphatic heterocycles. The number of nitrogens with zero attached hydrogens (tertiary/aromatic N) is 1. The van der Waals surface area contributed by atoms with E-state index >= 15 is 0 Å². The SMILES string of the molecule is CC1(OCC(=O)O)CN(S(=O)(=O)c2ccc(Cl)cc2)C1. The van der Waals surface area contributed by atoms with E-state index in [-0.39, 0.29) is 18.0 Å². The second-order valence-corrected chi connectivity index (χ2v) is 7.23. The fourth-order valence-corrected chi connectivity index (χ4v) is 3.74. The highest BCUT2D eigenvalue weighted by atomic mass is 35.5. The molecule has 1 heterocycles. The quantitative estimate of drug-likeness (QED) is 0.881. The van der Waals surface area contributed by atoms with E-state index in [2.05, 4.69) is 0 Å². The molecule has 1 aromatic rings. The number of aliphatic carboxylic acids is 1. The van der Waals surface area contributed by atoms with Crippen LogP contribution in [-0.4, -0.2) is 49.1 Å². The number of rotatable bonds is 5. The topological polar surface area (TPSA) is 83.9 Å². The zero-order valence-electron chi connectivity index (χ0n) is 10.7. The van der Waals surface area contributed by atoms with Gasteiger partial charge in [-0.1, -0.05) is 11.6 Å². The van der Waals surface area contributed by atoms with Crippen molar-refractivity contribution >= 4 is 27.6 Å². The summed E-state index contributed by atoms with van der Waals surface area (Å²) < 4.78 is 31.0. The van der Waals surface area contributed by atoms with Crippen LogP contribution in [0.2, 0.25) is 5.02 Å². The normalized spacial score (nSPS) is 18.5. The smallest absolute Gasteiger partial charge is 0.329 e. The number of sulfonamides is 1. The van der Waals surface area contributed by atoms with Crippen LogP contribution >= 0.6 is 11.6 Å². The number of carboxylic acid groups (broad SMARTS) is 1.